The van der Waals surface area contributed by atoms with E-state index in [4.69, 9.17) is 0 Å². The molecule has 0 unspecified atom stereocenters. The van der Waals surface area contributed by atoms with Crippen LogP contribution in [0.5, 0.6) is 0 Å². The standard InChI is InChI=1S/C26H28N2O/c1-17-12-22-23-15-21(26(29)25(23)27-24(22)13-18(17)2)14-19-8-10-28(11-9-19)16-20-6-4-3-5-7-20/h3-7,12-14,19,27H,8-11,15-16H2,1-2H3/b21-14+. The summed E-state index contributed by atoms with van der Waals surface area (Å²) in [5.41, 5.74) is 8.04. The van der Waals surface area contributed by atoms with Crippen molar-refractivity contribution < 1.29 is 4.79 Å². The van der Waals surface area contributed by atoms with Crippen molar-refractivity contribution in [3.05, 3.63) is 82.1 Å². The number of hydrogen-bond donors (Lipinski definition) is 1. The van der Waals surface area contributed by atoms with Crippen LogP contribution in [0.3, 0.4) is 0 Å². The Bertz CT molecular complexity index is 1100. The largest absolute Gasteiger partial charge is 0.352 e. The molecule has 3 nitrogen and oxygen atoms in total. The lowest BCUT2D eigenvalue weighted by molar-refractivity contribution is 0.103. The molecule has 2 aliphatic rings. The van der Waals surface area contributed by atoms with E-state index in [-0.39, 0.29) is 5.78 Å². The van der Waals surface area contributed by atoms with E-state index in [2.05, 4.69) is 72.3 Å². The fourth-order valence-electron chi connectivity index (χ4n) is 4.86. The number of nitrogens with zero attached hydrogens (tertiary/aromatic N) is 1. The lowest BCUT2D eigenvalue weighted by atomic mass is 9.93. The molecule has 29 heavy (non-hydrogen) atoms. The highest BCUT2D eigenvalue weighted by atomic mass is 16.1. The van der Waals surface area contributed by atoms with Gasteiger partial charge in [-0.15, -0.1) is 0 Å². The van der Waals surface area contributed by atoms with Crippen LogP contribution in [0.4, 0.5) is 0 Å². The van der Waals surface area contributed by atoms with Crippen molar-refractivity contribution >= 4 is 16.7 Å². The highest BCUT2D eigenvalue weighted by molar-refractivity contribution is 6.15. The summed E-state index contributed by atoms with van der Waals surface area (Å²) in [6.07, 6.45) is 5.33. The summed E-state index contributed by atoms with van der Waals surface area (Å²) in [6.45, 7) is 7.50. The van der Waals surface area contributed by atoms with Gasteiger partial charge in [-0.3, -0.25) is 9.69 Å². The summed E-state index contributed by atoms with van der Waals surface area (Å²) >= 11 is 0. The minimum atomic E-state index is 0.207. The number of aromatic amines is 1. The highest BCUT2D eigenvalue weighted by Gasteiger charge is 2.30. The minimum Gasteiger partial charge on any atom is -0.352 e. The van der Waals surface area contributed by atoms with E-state index in [1.54, 1.807) is 0 Å². The van der Waals surface area contributed by atoms with Gasteiger partial charge in [-0.1, -0.05) is 36.4 Å². The number of carbonyl (C=O) groups excluding carboxylic acids is 1. The Morgan fingerprint density at radius 1 is 1.07 bits per heavy atom. The monoisotopic (exact) mass is 384 g/mol. The summed E-state index contributed by atoms with van der Waals surface area (Å²) in [5.74, 6) is 0.721. The van der Waals surface area contributed by atoms with Crippen molar-refractivity contribution in [3.8, 4) is 0 Å². The van der Waals surface area contributed by atoms with Crippen molar-refractivity contribution in [2.45, 2.75) is 39.7 Å². The minimum absolute atomic E-state index is 0.207. The van der Waals surface area contributed by atoms with Crippen molar-refractivity contribution in [3.63, 3.8) is 0 Å². The average Bonchev–Trinajstić information content (AvgIpc) is 3.21. The third-order valence-electron chi connectivity index (χ3n) is 6.72. The first-order valence-electron chi connectivity index (χ1n) is 10.7. The molecule has 0 saturated carbocycles. The molecule has 2 heterocycles. The van der Waals surface area contributed by atoms with Gasteiger partial charge >= 0.3 is 0 Å². The van der Waals surface area contributed by atoms with Gasteiger partial charge in [0.1, 0.15) is 0 Å². The number of carbonyl (C=O) groups is 1. The van der Waals surface area contributed by atoms with Crippen LogP contribution in [0.2, 0.25) is 0 Å². The Kier molecular flexibility index (Phi) is 4.63. The fourth-order valence-corrected chi connectivity index (χ4v) is 4.86. The van der Waals surface area contributed by atoms with E-state index in [0.29, 0.717) is 5.92 Å². The number of piperidine rings is 1. The van der Waals surface area contributed by atoms with Crippen molar-refractivity contribution in [1.82, 2.24) is 9.88 Å². The molecule has 1 fully saturated rings. The summed E-state index contributed by atoms with van der Waals surface area (Å²) in [7, 11) is 0. The van der Waals surface area contributed by atoms with Gasteiger partial charge in [0.25, 0.3) is 0 Å². The van der Waals surface area contributed by atoms with Gasteiger partial charge in [-0.05, 0) is 80.1 Å². The number of ketones is 1. The number of Topliss-reactive ketones (excluding diaryl/α,β-unsaturated/α-hetero) is 1. The van der Waals surface area contributed by atoms with Crippen LogP contribution in [0.1, 0.15) is 45.6 Å². The molecule has 0 spiro atoms. The van der Waals surface area contributed by atoms with Crippen LogP contribution in [-0.4, -0.2) is 28.8 Å². The summed E-state index contributed by atoms with van der Waals surface area (Å²) in [6, 6.07) is 15.1. The van der Waals surface area contributed by atoms with Gasteiger partial charge in [0, 0.05) is 29.4 Å². The normalized spacial score (nSPS) is 19.4. The van der Waals surface area contributed by atoms with E-state index in [0.717, 1.165) is 55.7 Å². The number of fused-ring (bicyclic) bond motifs is 3. The van der Waals surface area contributed by atoms with Gasteiger partial charge in [-0.2, -0.15) is 0 Å². The lowest BCUT2D eigenvalue weighted by Crippen LogP contribution is -2.32. The molecule has 3 aromatic rings. The van der Waals surface area contributed by atoms with E-state index < -0.39 is 0 Å². The molecule has 148 valence electrons. The van der Waals surface area contributed by atoms with E-state index in [1.165, 1.54) is 27.6 Å². The Morgan fingerprint density at radius 2 is 1.79 bits per heavy atom. The maximum atomic E-state index is 13.0. The lowest BCUT2D eigenvalue weighted by Gasteiger charge is -2.30. The van der Waals surface area contributed by atoms with E-state index in [1.807, 2.05) is 0 Å². The maximum absolute atomic E-state index is 13.0. The maximum Gasteiger partial charge on any atom is 0.205 e. The molecular formula is C26H28N2O. The summed E-state index contributed by atoms with van der Waals surface area (Å²) in [5, 5.41) is 1.22. The molecule has 0 atom stereocenters. The highest BCUT2D eigenvalue weighted by Crippen LogP contribution is 2.35. The predicted molar refractivity (Wildman–Crippen MR) is 118 cm³/mol. The molecule has 5 rings (SSSR count). The number of nitrogens with one attached hydrogen (secondary N) is 1. The third-order valence-corrected chi connectivity index (χ3v) is 6.72. The number of aromatic nitrogens is 1. The molecule has 0 amide bonds. The van der Waals surface area contributed by atoms with Crippen LogP contribution < -0.4 is 0 Å². The molecule has 1 saturated heterocycles. The van der Waals surface area contributed by atoms with Crippen LogP contribution in [0, 0.1) is 19.8 Å². The molecule has 1 aliphatic heterocycles. The van der Waals surface area contributed by atoms with E-state index >= 15 is 0 Å². The Hall–Kier alpha value is -2.65. The first-order chi connectivity index (χ1) is 14.1. The second-order valence-electron chi connectivity index (χ2n) is 8.76. The third kappa shape index (κ3) is 3.44. The predicted octanol–water partition coefficient (Wildman–Crippen LogP) is 5.36. The average molecular weight is 385 g/mol. The Labute approximate surface area is 172 Å². The van der Waals surface area contributed by atoms with Crippen LogP contribution in [-0.2, 0) is 13.0 Å². The molecular weight excluding hydrogens is 356 g/mol. The van der Waals surface area contributed by atoms with E-state index in [9.17, 15) is 4.79 Å². The van der Waals surface area contributed by atoms with Crippen molar-refractivity contribution in [1.29, 1.82) is 0 Å². The zero-order valence-corrected chi connectivity index (χ0v) is 17.3. The Morgan fingerprint density at radius 3 is 2.55 bits per heavy atom. The second-order valence-corrected chi connectivity index (χ2v) is 8.76. The van der Waals surface area contributed by atoms with Gasteiger partial charge in [0.05, 0.1) is 5.69 Å². The van der Waals surface area contributed by atoms with Gasteiger partial charge in [0.2, 0.25) is 5.78 Å². The smallest absolute Gasteiger partial charge is 0.205 e. The number of H-pyrrole nitrogens is 1. The number of rotatable bonds is 3. The topological polar surface area (TPSA) is 36.1 Å². The Balaban J connectivity index is 1.28. The molecule has 0 bridgehead atoms. The molecule has 1 N–H and O–H groups in total. The van der Waals surface area contributed by atoms with Crippen molar-refractivity contribution in [2.24, 2.45) is 5.92 Å². The molecule has 3 heteroatoms. The molecule has 1 aromatic heterocycles. The van der Waals surface area contributed by atoms with Gasteiger partial charge in [-0.25, -0.2) is 0 Å². The number of likely N-dealkylation sites (tertiary alicyclic amines) is 1. The molecule has 2 aromatic carbocycles. The SMILES string of the molecule is Cc1cc2[nH]c3c(c2cc1C)C/C(=C\C1CCN(Cc2ccccc2)CC1)C3=O. The number of aryl methyl sites for hydroxylation is 2. The second kappa shape index (κ2) is 7.31. The zero-order valence-electron chi connectivity index (χ0n) is 17.3. The summed E-state index contributed by atoms with van der Waals surface area (Å²) in [4.78, 5) is 18.9. The fraction of sp³-hybridized carbons (Fsp3) is 0.346. The van der Waals surface area contributed by atoms with Gasteiger partial charge in [0.15, 0.2) is 0 Å². The number of allylic oxidation sites excluding steroid dienone is 2. The summed E-state index contributed by atoms with van der Waals surface area (Å²) < 4.78 is 0. The first-order valence-corrected chi connectivity index (χ1v) is 10.7. The zero-order chi connectivity index (χ0) is 20.0. The van der Waals surface area contributed by atoms with Gasteiger partial charge < -0.3 is 4.98 Å². The molecule has 1 aliphatic carbocycles. The molecule has 0 radical (unpaired) electrons. The van der Waals surface area contributed by atoms with Crippen LogP contribution in [0.25, 0.3) is 10.9 Å². The number of benzene rings is 2. The number of hydrogen-bond acceptors (Lipinski definition) is 2. The van der Waals surface area contributed by atoms with Crippen LogP contribution >= 0.6 is 0 Å². The van der Waals surface area contributed by atoms with Crippen LogP contribution in [0.15, 0.2) is 54.1 Å². The first kappa shape index (κ1) is 18.4. The van der Waals surface area contributed by atoms with Crippen molar-refractivity contribution in [2.75, 3.05) is 13.1 Å². The quantitative estimate of drug-likeness (QED) is 0.617.